The number of aryl methyl sites for hydroxylation is 2. The van der Waals surface area contributed by atoms with E-state index in [9.17, 15) is 0 Å². The van der Waals surface area contributed by atoms with E-state index in [0.29, 0.717) is 12.6 Å². The van der Waals surface area contributed by atoms with Gasteiger partial charge < -0.3 is 14.6 Å². The zero-order chi connectivity index (χ0) is 14.7. The monoisotopic (exact) mass is 285 g/mol. The molecule has 4 heteroatoms. The number of ether oxygens (including phenoxy) is 1. The van der Waals surface area contributed by atoms with Crippen LogP contribution in [0.3, 0.4) is 0 Å². The van der Waals surface area contributed by atoms with Gasteiger partial charge in [0.25, 0.3) is 0 Å². The highest BCUT2D eigenvalue weighted by atomic mass is 16.5. The van der Waals surface area contributed by atoms with Crippen molar-refractivity contribution in [2.75, 3.05) is 6.54 Å². The number of nitrogens with one attached hydrogen (secondary N) is 1. The molecular weight excluding hydrogens is 262 g/mol. The maximum absolute atomic E-state index is 5.89. The Balaban J connectivity index is 1.72. The average Bonchev–Trinajstić information content (AvgIpc) is 2.91. The Kier molecular flexibility index (Phi) is 4.25. The van der Waals surface area contributed by atoms with E-state index in [1.54, 1.807) is 6.20 Å². The standard InChI is InChI=1S/C17H23N3O/c1-3-18-16-6-4-5-13-11-14(7-8-15(13)16)21-12-17-19-9-10-20(17)2/h7-11,16,18H,3-6,12H2,1-2H3. The molecule has 3 rings (SSSR count). The van der Waals surface area contributed by atoms with E-state index in [4.69, 9.17) is 4.74 Å². The Bertz CT molecular complexity index is 606. The number of fused-ring (bicyclic) bond motifs is 1. The number of benzene rings is 1. The van der Waals surface area contributed by atoms with Crippen molar-refractivity contribution in [2.24, 2.45) is 7.05 Å². The summed E-state index contributed by atoms with van der Waals surface area (Å²) >= 11 is 0. The lowest BCUT2D eigenvalue weighted by atomic mass is 9.87. The SMILES string of the molecule is CCNC1CCCc2cc(OCc3nccn3C)ccc21. The highest BCUT2D eigenvalue weighted by Crippen LogP contribution is 2.32. The molecule has 1 aromatic carbocycles. The van der Waals surface area contributed by atoms with Crippen LogP contribution >= 0.6 is 0 Å². The van der Waals surface area contributed by atoms with Gasteiger partial charge in [-0.25, -0.2) is 4.98 Å². The first-order chi connectivity index (χ1) is 10.3. The Morgan fingerprint density at radius 1 is 1.43 bits per heavy atom. The zero-order valence-electron chi connectivity index (χ0n) is 12.8. The van der Waals surface area contributed by atoms with E-state index in [1.165, 1.54) is 24.0 Å². The summed E-state index contributed by atoms with van der Waals surface area (Å²) in [7, 11) is 1.99. The Morgan fingerprint density at radius 2 is 2.33 bits per heavy atom. The van der Waals surface area contributed by atoms with Crippen LogP contribution in [-0.2, 0) is 20.1 Å². The fourth-order valence-electron chi connectivity index (χ4n) is 3.02. The van der Waals surface area contributed by atoms with Gasteiger partial charge in [0.15, 0.2) is 0 Å². The minimum atomic E-state index is 0.502. The van der Waals surface area contributed by atoms with Crippen LogP contribution in [0.4, 0.5) is 0 Å². The molecule has 4 nitrogen and oxygen atoms in total. The van der Waals surface area contributed by atoms with Crippen LogP contribution in [0, 0.1) is 0 Å². The van der Waals surface area contributed by atoms with Crippen LogP contribution in [0.1, 0.15) is 42.8 Å². The lowest BCUT2D eigenvalue weighted by Gasteiger charge is -2.26. The molecule has 0 spiro atoms. The molecule has 0 radical (unpaired) electrons. The summed E-state index contributed by atoms with van der Waals surface area (Å²) in [6.07, 6.45) is 7.36. The first kappa shape index (κ1) is 14.1. The van der Waals surface area contributed by atoms with Gasteiger partial charge in [-0.2, -0.15) is 0 Å². The predicted octanol–water partition coefficient (Wildman–Crippen LogP) is 2.99. The molecule has 1 aliphatic rings. The van der Waals surface area contributed by atoms with Gasteiger partial charge in [-0.05, 0) is 49.1 Å². The molecule has 1 aromatic heterocycles. The minimum Gasteiger partial charge on any atom is -0.486 e. The largest absolute Gasteiger partial charge is 0.486 e. The Hall–Kier alpha value is -1.81. The molecular formula is C17H23N3O. The number of nitrogens with zero attached hydrogens (tertiary/aromatic N) is 2. The summed E-state index contributed by atoms with van der Waals surface area (Å²) < 4.78 is 7.87. The predicted molar refractivity (Wildman–Crippen MR) is 83.3 cm³/mol. The number of imidazole rings is 1. The second-order valence-corrected chi connectivity index (χ2v) is 5.61. The van der Waals surface area contributed by atoms with Gasteiger partial charge in [-0.15, -0.1) is 0 Å². The van der Waals surface area contributed by atoms with Gasteiger partial charge in [0.2, 0.25) is 0 Å². The van der Waals surface area contributed by atoms with E-state index < -0.39 is 0 Å². The van der Waals surface area contributed by atoms with Gasteiger partial charge in [-0.1, -0.05) is 13.0 Å². The Labute approximate surface area is 126 Å². The molecule has 1 heterocycles. The van der Waals surface area contributed by atoms with Crippen molar-refractivity contribution in [2.45, 2.75) is 38.8 Å². The molecule has 1 unspecified atom stereocenters. The van der Waals surface area contributed by atoms with E-state index >= 15 is 0 Å². The van der Waals surface area contributed by atoms with Gasteiger partial charge in [0, 0.05) is 25.5 Å². The topological polar surface area (TPSA) is 39.1 Å². The first-order valence-corrected chi connectivity index (χ1v) is 7.73. The summed E-state index contributed by atoms with van der Waals surface area (Å²) in [4.78, 5) is 4.28. The van der Waals surface area contributed by atoms with Crippen molar-refractivity contribution in [3.8, 4) is 5.75 Å². The molecule has 0 bridgehead atoms. The molecule has 0 saturated carbocycles. The summed E-state index contributed by atoms with van der Waals surface area (Å²) in [6, 6.07) is 7.00. The van der Waals surface area contributed by atoms with Crippen LogP contribution in [0.15, 0.2) is 30.6 Å². The molecule has 21 heavy (non-hydrogen) atoms. The normalized spacial score (nSPS) is 17.5. The van der Waals surface area contributed by atoms with Crippen molar-refractivity contribution in [3.05, 3.63) is 47.5 Å². The van der Waals surface area contributed by atoms with E-state index in [0.717, 1.165) is 24.5 Å². The van der Waals surface area contributed by atoms with Gasteiger partial charge in [0.05, 0.1) is 0 Å². The van der Waals surface area contributed by atoms with Crippen molar-refractivity contribution in [3.63, 3.8) is 0 Å². The lowest BCUT2D eigenvalue weighted by molar-refractivity contribution is 0.291. The van der Waals surface area contributed by atoms with Crippen LogP contribution in [-0.4, -0.2) is 16.1 Å². The smallest absolute Gasteiger partial charge is 0.146 e. The molecule has 1 aliphatic carbocycles. The highest BCUT2D eigenvalue weighted by molar-refractivity contribution is 5.39. The van der Waals surface area contributed by atoms with Gasteiger partial charge in [-0.3, -0.25) is 0 Å². The Morgan fingerprint density at radius 3 is 3.10 bits per heavy atom. The van der Waals surface area contributed by atoms with Crippen molar-refractivity contribution < 1.29 is 4.74 Å². The first-order valence-electron chi connectivity index (χ1n) is 7.73. The third-order valence-corrected chi connectivity index (χ3v) is 4.17. The average molecular weight is 285 g/mol. The van der Waals surface area contributed by atoms with Crippen LogP contribution < -0.4 is 10.1 Å². The fraction of sp³-hybridized carbons (Fsp3) is 0.471. The summed E-state index contributed by atoms with van der Waals surface area (Å²) in [5, 5.41) is 3.57. The third kappa shape index (κ3) is 3.10. The van der Waals surface area contributed by atoms with Gasteiger partial charge >= 0.3 is 0 Å². The van der Waals surface area contributed by atoms with Gasteiger partial charge in [0.1, 0.15) is 18.2 Å². The molecule has 0 aliphatic heterocycles. The van der Waals surface area contributed by atoms with E-state index in [2.05, 4.69) is 35.4 Å². The molecule has 112 valence electrons. The molecule has 1 N–H and O–H groups in total. The molecule has 0 saturated heterocycles. The van der Waals surface area contributed by atoms with Crippen molar-refractivity contribution in [1.29, 1.82) is 0 Å². The number of hydrogen-bond acceptors (Lipinski definition) is 3. The molecule has 0 fully saturated rings. The van der Waals surface area contributed by atoms with E-state index in [-0.39, 0.29) is 0 Å². The molecule has 1 atom stereocenters. The van der Waals surface area contributed by atoms with Crippen LogP contribution in [0.5, 0.6) is 5.75 Å². The zero-order valence-corrected chi connectivity index (χ0v) is 12.8. The second kappa shape index (κ2) is 6.31. The minimum absolute atomic E-state index is 0.502. The van der Waals surface area contributed by atoms with E-state index in [1.807, 2.05) is 17.8 Å². The van der Waals surface area contributed by atoms with Crippen LogP contribution in [0.2, 0.25) is 0 Å². The highest BCUT2D eigenvalue weighted by Gasteiger charge is 2.19. The fourth-order valence-corrected chi connectivity index (χ4v) is 3.02. The maximum Gasteiger partial charge on any atom is 0.146 e. The van der Waals surface area contributed by atoms with Crippen LogP contribution in [0.25, 0.3) is 0 Å². The number of aromatic nitrogens is 2. The maximum atomic E-state index is 5.89. The summed E-state index contributed by atoms with van der Waals surface area (Å²) in [5.41, 5.74) is 2.86. The number of hydrogen-bond donors (Lipinski definition) is 1. The van der Waals surface area contributed by atoms with Crippen molar-refractivity contribution in [1.82, 2.24) is 14.9 Å². The summed E-state index contributed by atoms with van der Waals surface area (Å²) in [5.74, 6) is 1.88. The number of rotatable bonds is 5. The third-order valence-electron chi connectivity index (χ3n) is 4.17. The second-order valence-electron chi connectivity index (χ2n) is 5.61. The molecule has 0 amide bonds. The quantitative estimate of drug-likeness (QED) is 0.918. The van der Waals surface area contributed by atoms with Crippen molar-refractivity contribution >= 4 is 0 Å². The summed E-state index contributed by atoms with van der Waals surface area (Å²) in [6.45, 7) is 3.69. The lowest BCUT2D eigenvalue weighted by Crippen LogP contribution is -2.24. The molecule has 2 aromatic rings.